The summed E-state index contributed by atoms with van der Waals surface area (Å²) in [5, 5.41) is 3.48. The average molecular weight is 298 g/mol. The molecule has 1 N–H and O–H groups in total. The van der Waals surface area contributed by atoms with Crippen LogP contribution >= 0.6 is 0 Å². The van der Waals surface area contributed by atoms with Crippen LogP contribution in [-0.4, -0.2) is 37.7 Å². The average Bonchev–Trinajstić information content (AvgIpc) is 3.07. The van der Waals surface area contributed by atoms with Crippen LogP contribution in [0.1, 0.15) is 11.3 Å². The predicted molar refractivity (Wildman–Crippen MR) is 88.8 cm³/mol. The molecule has 0 unspecified atom stereocenters. The smallest absolute Gasteiger partial charge is 0.126 e. The second-order valence-corrected chi connectivity index (χ2v) is 5.34. The van der Waals surface area contributed by atoms with E-state index in [1.807, 2.05) is 18.2 Å². The zero-order valence-electron chi connectivity index (χ0n) is 12.7. The standard InChI is InChI=1S/C18H22N2O2/c1-2-8-18(19-9-3-6-17-7-4-12-22-17)16(5-1)15-20-10-13-21-14-11-20/h1-8,12,19H,9-11,13-15H2. The van der Waals surface area contributed by atoms with Crippen molar-refractivity contribution in [1.82, 2.24) is 4.90 Å². The third-order valence-electron chi connectivity index (χ3n) is 3.75. The van der Waals surface area contributed by atoms with E-state index in [2.05, 4.69) is 40.6 Å². The van der Waals surface area contributed by atoms with Crippen molar-refractivity contribution in [3.05, 3.63) is 60.1 Å². The van der Waals surface area contributed by atoms with Gasteiger partial charge >= 0.3 is 0 Å². The van der Waals surface area contributed by atoms with Crippen molar-refractivity contribution in [2.45, 2.75) is 6.54 Å². The van der Waals surface area contributed by atoms with Gasteiger partial charge in [0.2, 0.25) is 0 Å². The number of nitrogens with one attached hydrogen (secondary N) is 1. The quantitative estimate of drug-likeness (QED) is 0.888. The summed E-state index contributed by atoms with van der Waals surface area (Å²) in [5.41, 5.74) is 2.52. The summed E-state index contributed by atoms with van der Waals surface area (Å²) in [4.78, 5) is 2.43. The Morgan fingerprint density at radius 3 is 2.77 bits per heavy atom. The van der Waals surface area contributed by atoms with E-state index in [9.17, 15) is 0 Å². The minimum Gasteiger partial charge on any atom is -0.465 e. The number of benzene rings is 1. The summed E-state index contributed by atoms with van der Waals surface area (Å²) in [6.07, 6.45) is 5.74. The van der Waals surface area contributed by atoms with Gasteiger partial charge in [-0.3, -0.25) is 4.90 Å². The van der Waals surface area contributed by atoms with Crippen molar-refractivity contribution >= 4 is 11.8 Å². The molecule has 4 nitrogen and oxygen atoms in total. The van der Waals surface area contributed by atoms with Crippen LogP contribution < -0.4 is 5.32 Å². The van der Waals surface area contributed by atoms with Crippen molar-refractivity contribution in [1.29, 1.82) is 0 Å². The van der Waals surface area contributed by atoms with Gasteiger partial charge in [0.05, 0.1) is 19.5 Å². The second-order valence-electron chi connectivity index (χ2n) is 5.34. The van der Waals surface area contributed by atoms with Gasteiger partial charge in [0.25, 0.3) is 0 Å². The lowest BCUT2D eigenvalue weighted by Gasteiger charge is -2.27. The van der Waals surface area contributed by atoms with Crippen LogP contribution in [0.3, 0.4) is 0 Å². The molecular weight excluding hydrogens is 276 g/mol. The number of morpholine rings is 1. The minimum absolute atomic E-state index is 0.779. The lowest BCUT2D eigenvalue weighted by molar-refractivity contribution is 0.0343. The van der Waals surface area contributed by atoms with Crippen molar-refractivity contribution in [2.75, 3.05) is 38.2 Å². The van der Waals surface area contributed by atoms with Gasteiger partial charge in [-0.05, 0) is 29.8 Å². The Labute approximate surface area is 131 Å². The summed E-state index contributed by atoms with van der Waals surface area (Å²) in [7, 11) is 0. The number of para-hydroxylation sites is 1. The highest BCUT2D eigenvalue weighted by Crippen LogP contribution is 2.17. The number of ether oxygens (including phenoxy) is 1. The number of furan rings is 1. The summed E-state index contributed by atoms with van der Waals surface area (Å²) >= 11 is 0. The monoisotopic (exact) mass is 298 g/mol. The zero-order chi connectivity index (χ0) is 15.0. The van der Waals surface area contributed by atoms with Gasteiger partial charge in [-0.25, -0.2) is 0 Å². The van der Waals surface area contributed by atoms with Gasteiger partial charge in [0.15, 0.2) is 0 Å². The Hall–Kier alpha value is -2.04. The predicted octanol–water partition coefficient (Wildman–Crippen LogP) is 3.24. The van der Waals surface area contributed by atoms with Gasteiger partial charge in [0, 0.05) is 31.9 Å². The van der Waals surface area contributed by atoms with E-state index in [-0.39, 0.29) is 0 Å². The molecule has 0 bridgehead atoms. The molecule has 0 atom stereocenters. The molecule has 2 aromatic rings. The van der Waals surface area contributed by atoms with E-state index < -0.39 is 0 Å². The molecule has 1 aliphatic heterocycles. The van der Waals surface area contributed by atoms with E-state index in [1.54, 1.807) is 6.26 Å². The molecule has 0 aliphatic carbocycles. The van der Waals surface area contributed by atoms with E-state index in [0.717, 1.165) is 45.2 Å². The first kappa shape index (κ1) is 14.9. The van der Waals surface area contributed by atoms with Crippen LogP contribution in [0.25, 0.3) is 6.08 Å². The summed E-state index contributed by atoms with van der Waals surface area (Å²) in [6, 6.07) is 12.3. The number of anilines is 1. The molecule has 2 heterocycles. The highest BCUT2D eigenvalue weighted by molar-refractivity contribution is 5.52. The van der Waals surface area contributed by atoms with Gasteiger partial charge in [-0.1, -0.05) is 24.3 Å². The Morgan fingerprint density at radius 1 is 1.09 bits per heavy atom. The fourth-order valence-electron chi connectivity index (χ4n) is 2.56. The van der Waals surface area contributed by atoms with E-state index >= 15 is 0 Å². The van der Waals surface area contributed by atoms with E-state index in [0.29, 0.717) is 0 Å². The fraction of sp³-hybridized carbons (Fsp3) is 0.333. The van der Waals surface area contributed by atoms with Crippen molar-refractivity contribution < 1.29 is 9.15 Å². The van der Waals surface area contributed by atoms with E-state index in [1.165, 1.54) is 11.3 Å². The molecule has 4 heteroatoms. The van der Waals surface area contributed by atoms with Crippen LogP contribution in [0, 0.1) is 0 Å². The summed E-state index contributed by atoms with van der Waals surface area (Å²) < 4.78 is 10.7. The summed E-state index contributed by atoms with van der Waals surface area (Å²) in [6.45, 7) is 5.43. The molecule has 22 heavy (non-hydrogen) atoms. The van der Waals surface area contributed by atoms with Crippen molar-refractivity contribution in [2.24, 2.45) is 0 Å². The minimum atomic E-state index is 0.779. The van der Waals surface area contributed by atoms with Crippen LogP contribution in [0.5, 0.6) is 0 Å². The number of rotatable bonds is 6. The van der Waals surface area contributed by atoms with E-state index in [4.69, 9.17) is 9.15 Å². The highest BCUT2D eigenvalue weighted by atomic mass is 16.5. The van der Waals surface area contributed by atoms with Gasteiger partial charge in [-0.15, -0.1) is 0 Å². The largest absolute Gasteiger partial charge is 0.465 e. The maximum atomic E-state index is 5.41. The molecule has 0 saturated carbocycles. The van der Waals surface area contributed by atoms with Gasteiger partial charge in [0.1, 0.15) is 5.76 Å². The molecule has 116 valence electrons. The van der Waals surface area contributed by atoms with Crippen LogP contribution in [0.4, 0.5) is 5.69 Å². The maximum Gasteiger partial charge on any atom is 0.126 e. The molecule has 1 aromatic heterocycles. The first-order valence-electron chi connectivity index (χ1n) is 7.74. The zero-order valence-corrected chi connectivity index (χ0v) is 12.7. The molecule has 1 aliphatic rings. The Balaban J connectivity index is 1.56. The van der Waals surface area contributed by atoms with Crippen LogP contribution in [0.15, 0.2) is 53.2 Å². The van der Waals surface area contributed by atoms with Crippen molar-refractivity contribution in [3.8, 4) is 0 Å². The SMILES string of the molecule is C(=Cc1ccco1)CNc1ccccc1CN1CCOCC1. The number of nitrogens with zero attached hydrogens (tertiary/aromatic N) is 1. The molecule has 1 fully saturated rings. The molecule has 0 spiro atoms. The fourth-order valence-corrected chi connectivity index (χ4v) is 2.56. The first-order chi connectivity index (χ1) is 10.9. The Bertz CT molecular complexity index is 587. The molecular formula is C18H22N2O2. The van der Waals surface area contributed by atoms with Crippen molar-refractivity contribution in [3.63, 3.8) is 0 Å². The lowest BCUT2D eigenvalue weighted by atomic mass is 10.1. The Morgan fingerprint density at radius 2 is 1.95 bits per heavy atom. The third-order valence-corrected chi connectivity index (χ3v) is 3.75. The Kier molecular flexibility index (Phi) is 5.29. The second kappa shape index (κ2) is 7.82. The van der Waals surface area contributed by atoms with Crippen LogP contribution in [-0.2, 0) is 11.3 Å². The van der Waals surface area contributed by atoms with Gasteiger partial charge < -0.3 is 14.5 Å². The number of hydrogen-bond acceptors (Lipinski definition) is 4. The maximum absolute atomic E-state index is 5.41. The third kappa shape index (κ3) is 4.23. The topological polar surface area (TPSA) is 37.6 Å². The molecule has 0 amide bonds. The normalized spacial score (nSPS) is 16.2. The molecule has 0 radical (unpaired) electrons. The molecule has 1 aromatic carbocycles. The van der Waals surface area contributed by atoms with Gasteiger partial charge in [-0.2, -0.15) is 0 Å². The molecule has 3 rings (SSSR count). The number of hydrogen-bond donors (Lipinski definition) is 1. The molecule has 1 saturated heterocycles. The summed E-state index contributed by atoms with van der Waals surface area (Å²) in [5.74, 6) is 0.878. The highest BCUT2D eigenvalue weighted by Gasteiger charge is 2.12. The van der Waals surface area contributed by atoms with Crippen LogP contribution in [0.2, 0.25) is 0 Å². The lowest BCUT2D eigenvalue weighted by Crippen LogP contribution is -2.35. The first-order valence-corrected chi connectivity index (χ1v) is 7.74.